The molecule has 4 aliphatic carbocycles. The Kier molecular flexibility index (Phi) is 19.4. The number of allylic oxidation sites excluding steroid dienone is 1. The van der Waals surface area contributed by atoms with Crippen LogP contribution in [0.3, 0.4) is 0 Å². The van der Waals surface area contributed by atoms with Crippen molar-refractivity contribution in [1.29, 1.82) is 0 Å². The van der Waals surface area contributed by atoms with E-state index >= 15 is 0 Å². The number of alkyl halides is 1. The normalized spacial score (nSPS) is 25.7. The van der Waals surface area contributed by atoms with Crippen LogP contribution in [-0.2, 0) is 0 Å². The Morgan fingerprint density at radius 3 is 1.72 bits per heavy atom. The van der Waals surface area contributed by atoms with Crippen LogP contribution < -0.4 is 28.5 Å². The maximum absolute atomic E-state index is 11.7. The molecule has 8 aromatic rings. The van der Waals surface area contributed by atoms with Crippen LogP contribution in [-0.4, -0.2) is 137 Å². The zero-order valence-electron chi connectivity index (χ0n) is 47.7. The lowest BCUT2D eigenvalue weighted by Crippen LogP contribution is -2.19. The summed E-state index contributed by atoms with van der Waals surface area (Å²) in [5.41, 5.74) is 33.4. The number of nitrogens with one attached hydrogen (secondary N) is 2. The van der Waals surface area contributed by atoms with E-state index in [-0.39, 0.29) is 54.1 Å². The van der Waals surface area contributed by atoms with Gasteiger partial charge in [-0.05, 0) is 93.3 Å². The first-order chi connectivity index (χ1) is 39.0. The number of aromatic amines is 2. The smallest absolute Gasteiger partial charge is 0.280 e. The van der Waals surface area contributed by atoms with Crippen LogP contribution >= 0.6 is 0 Å². The summed E-state index contributed by atoms with van der Waals surface area (Å²) < 4.78 is 15.2. The lowest BCUT2D eigenvalue weighted by atomic mass is 9.93. The third-order valence-electron chi connectivity index (χ3n) is 16.2. The van der Waals surface area contributed by atoms with E-state index in [0.29, 0.717) is 89.3 Å². The third-order valence-corrected chi connectivity index (χ3v) is 16.2. The van der Waals surface area contributed by atoms with Crippen LogP contribution in [0.4, 0.5) is 28.1 Å². The number of rotatable bonds is 6. The molecule has 0 aromatic carbocycles. The highest BCUT2D eigenvalue weighted by Gasteiger charge is 2.40. The van der Waals surface area contributed by atoms with Gasteiger partial charge in [0.15, 0.2) is 22.5 Å². The van der Waals surface area contributed by atoms with E-state index in [4.69, 9.17) is 22.9 Å². The van der Waals surface area contributed by atoms with E-state index in [0.717, 1.165) is 64.8 Å². The molecule has 12 rings (SSSR count). The Hall–Kier alpha value is -8.04. The molecule has 82 heavy (non-hydrogen) atoms. The highest BCUT2D eigenvalue weighted by atomic mass is 19.1. The molecule has 0 spiro atoms. The minimum Gasteiger partial charge on any atom is -0.396 e. The number of fused-ring (bicyclic) bond motifs is 4. The van der Waals surface area contributed by atoms with Crippen LogP contribution in [0.2, 0.25) is 0 Å². The fourth-order valence-corrected chi connectivity index (χ4v) is 11.9. The summed E-state index contributed by atoms with van der Waals surface area (Å²) in [4.78, 5) is 58.3. The number of anilines is 4. The van der Waals surface area contributed by atoms with Crippen molar-refractivity contribution in [3.63, 3.8) is 0 Å². The van der Waals surface area contributed by atoms with Gasteiger partial charge in [-0.3, -0.25) is 14.2 Å². The van der Waals surface area contributed by atoms with Gasteiger partial charge in [-0.2, -0.15) is 15.0 Å². The molecule has 15 N–H and O–H groups in total. The van der Waals surface area contributed by atoms with Gasteiger partial charge in [-0.25, -0.2) is 34.9 Å². The second-order valence-corrected chi connectivity index (χ2v) is 21.3. The quantitative estimate of drug-likeness (QED) is 0.0929. The van der Waals surface area contributed by atoms with Crippen LogP contribution in [0, 0.1) is 50.4 Å². The molecule has 12 atom stereocenters. The molecule has 0 radical (unpaired) electrons. The Balaban J connectivity index is 0.000000150. The molecule has 26 heteroatoms. The number of hydrogen-bond acceptors (Lipinski definition) is 20. The summed E-state index contributed by atoms with van der Waals surface area (Å²) in [6.07, 6.45) is 9.00. The summed E-state index contributed by atoms with van der Waals surface area (Å²) in [5, 5.41) is 48.1. The SMILES string of the molecule is C=C1[C@H](CC)[C@@H](C)C[C@@H]1n1cnc2c(C)nc(N)cc21.C=C1[C@H](CO)[C@@H](O)C[C@@H]1n1cnc2c(C)nc(N)nc21.C=C1[C@H](O)C[C@H](C)[C@H]1CC.C=C1[C@H](O)[C@@H](O)C[C@@H]1n1cnc2c(=O)[nH]c(N)nc21.CF.Cc1nc(N)nc2nc[nH]c12. The van der Waals surface area contributed by atoms with Gasteiger partial charge in [0.1, 0.15) is 28.5 Å². The largest absolute Gasteiger partial charge is 0.396 e. The summed E-state index contributed by atoms with van der Waals surface area (Å²) in [6, 6.07) is 1.76. The molecule has 440 valence electrons. The third kappa shape index (κ3) is 12.4. The monoisotopic (exact) mass is 1130 g/mol. The summed E-state index contributed by atoms with van der Waals surface area (Å²) in [5.74, 6) is 3.18. The van der Waals surface area contributed by atoms with Crippen molar-refractivity contribution in [2.75, 3.05) is 36.7 Å². The highest BCUT2D eigenvalue weighted by molar-refractivity contribution is 5.80. The number of nitrogens with two attached hydrogens (primary N) is 4. The molecule has 25 nitrogen and oxygen atoms in total. The Morgan fingerprint density at radius 1 is 0.622 bits per heavy atom. The number of H-pyrrole nitrogens is 2. The Morgan fingerprint density at radius 2 is 1.15 bits per heavy atom. The van der Waals surface area contributed by atoms with E-state index in [9.17, 15) is 34.7 Å². The molecule has 8 heterocycles. The van der Waals surface area contributed by atoms with E-state index in [1.807, 2.05) is 37.7 Å². The second-order valence-electron chi connectivity index (χ2n) is 21.3. The van der Waals surface area contributed by atoms with Gasteiger partial charge in [0.05, 0.1) is 98.1 Å². The zero-order valence-corrected chi connectivity index (χ0v) is 47.7. The number of imidazole rings is 4. The van der Waals surface area contributed by atoms with E-state index in [2.05, 4.69) is 118 Å². The lowest BCUT2D eigenvalue weighted by molar-refractivity contribution is 0.0596. The minimum absolute atomic E-state index is 0.0102. The molecule has 0 bridgehead atoms. The molecule has 4 fully saturated rings. The van der Waals surface area contributed by atoms with Gasteiger partial charge in [-0.15, -0.1) is 0 Å². The fourth-order valence-electron chi connectivity index (χ4n) is 11.9. The fraction of sp³-hybridized carbons (Fsp3) is 0.482. The van der Waals surface area contributed by atoms with Crippen LogP contribution in [0.15, 0.2) is 84.8 Å². The molecular weight excluding hydrogens is 1050 g/mol. The van der Waals surface area contributed by atoms with Crippen molar-refractivity contribution < 1.29 is 29.9 Å². The number of aryl methyl sites for hydroxylation is 3. The van der Waals surface area contributed by atoms with Crippen molar-refractivity contribution in [2.45, 2.75) is 130 Å². The van der Waals surface area contributed by atoms with Crippen molar-refractivity contribution in [3.8, 4) is 0 Å². The predicted octanol–water partition coefficient (Wildman–Crippen LogP) is 5.40. The average Bonchev–Trinajstić information content (AvgIpc) is 4.36. The average molecular weight is 1130 g/mol. The first-order valence-electron chi connectivity index (χ1n) is 27.1. The number of hydrogen-bond donors (Lipinski definition) is 11. The standard InChI is InChI=1S/C16H22N4.C13H17N5O2.C11H13N5O3.C9H16O.C6H7N5.CH3F/c1-5-12-9(2)6-13(10(12)3)20-8-18-16-11(4)19-15(17)7-14(16)20;1-6-8(4-19)10(20)3-9(6)18-5-15-11-7(2)16-13(14)17-12(11)18;1-4-5(2-6(17)8(4)18)16-3-13-7-9(16)14-11(12)15-10(7)19;1-4-8-6(2)5-9(10)7(8)3;1-3-4-5(9-2-8-4)11-6(7)10-3;1-2/h7-9,12-13H,3,5-6H2,1-2,4H3,(H2,17,19);5,8-10,19-20H,1,3-4H2,2H3,(H2,14,16,17);3,5-6,8,17-18H,1-2H2,(H3,12,14,15,19);6,8-10H,3-5H2,1-2H3;2H,1H3,(H3,7,8,9,10,11);1H3/t9-,12+,13-;8-,9-,10-;5-,6-,8-;6-,8+,9+;;/m0000../s1. The molecule has 4 aliphatic rings. The van der Waals surface area contributed by atoms with Crippen LogP contribution in [0.5, 0.6) is 0 Å². The van der Waals surface area contributed by atoms with E-state index in [1.165, 1.54) is 11.9 Å². The van der Waals surface area contributed by atoms with E-state index < -0.39 is 23.9 Å². The lowest BCUT2D eigenvalue weighted by Gasteiger charge is -2.17. The first-order valence-corrected chi connectivity index (χ1v) is 27.1. The summed E-state index contributed by atoms with van der Waals surface area (Å²) in [6.45, 7) is 30.5. The number of aliphatic hydroxyl groups is 5. The molecule has 0 saturated heterocycles. The van der Waals surface area contributed by atoms with Crippen molar-refractivity contribution in [3.05, 3.63) is 107 Å². The van der Waals surface area contributed by atoms with Gasteiger partial charge in [0.25, 0.3) is 5.56 Å². The zero-order chi connectivity index (χ0) is 60.2. The number of pyridine rings is 1. The van der Waals surface area contributed by atoms with Gasteiger partial charge >= 0.3 is 0 Å². The van der Waals surface area contributed by atoms with Crippen molar-refractivity contribution >= 4 is 68.2 Å². The summed E-state index contributed by atoms with van der Waals surface area (Å²) >= 11 is 0. The maximum Gasteiger partial charge on any atom is 0.280 e. The molecule has 0 amide bonds. The summed E-state index contributed by atoms with van der Waals surface area (Å²) in [7, 11) is 0.500. The highest BCUT2D eigenvalue weighted by Crippen LogP contribution is 2.46. The number of aromatic nitrogens is 15. The number of nitrogen functional groups attached to an aromatic ring is 4. The van der Waals surface area contributed by atoms with Gasteiger partial charge in [-0.1, -0.05) is 59.6 Å². The van der Waals surface area contributed by atoms with Crippen LogP contribution in [0.25, 0.3) is 44.5 Å². The predicted molar refractivity (Wildman–Crippen MR) is 314 cm³/mol. The number of nitrogens with zero attached hydrogens (tertiary/aromatic N) is 13. The maximum atomic E-state index is 11.7. The van der Waals surface area contributed by atoms with Gasteiger partial charge in [0, 0.05) is 18.4 Å². The van der Waals surface area contributed by atoms with Gasteiger partial charge in [0.2, 0.25) is 17.8 Å². The molecule has 0 unspecified atom stereocenters. The Labute approximate surface area is 473 Å². The minimum atomic E-state index is -0.984. The molecular formula is C56H78FN19O6. The van der Waals surface area contributed by atoms with Crippen molar-refractivity contribution in [1.82, 2.24) is 73.5 Å². The molecule has 8 aromatic heterocycles. The Bertz CT molecular complexity index is 3540. The van der Waals surface area contributed by atoms with Crippen LogP contribution in [0.1, 0.15) is 101 Å². The first kappa shape index (κ1) is 61.6. The van der Waals surface area contributed by atoms with E-state index in [1.54, 1.807) is 17.2 Å². The molecule has 0 aliphatic heterocycles. The van der Waals surface area contributed by atoms with Gasteiger partial charge < -0.3 is 67.2 Å². The number of aliphatic hydroxyl groups excluding tert-OH is 5. The number of halogens is 1. The molecule has 4 saturated carbocycles. The topological polar surface area (TPSA) is 398 Å². The van der Waals surface area contributed by atoms with Crippen molar-refractivity contribution in [2.24, 2.45) is 29.6 Å². The second kappa shape index (κ2) is 25.8.